The van der Waals surface area contributed by atoms with Crippen LogP contribution >= 0.6 is 11.6 Å². The van der Waals surface area contributed by atoms with Gasteiger partial charge in [-0.15, -0.1) is 0 Å². The summed E-state index contributed by atoms with van der Waals surface area (Å²) in [6.45, 7) is 3.87. The zero-order valence-electron chi connectivity index (χ0n) is 13.6. The predicted molar refractivity (Wildman–Crippen MR) is 94.8 cm³/mol. The number of anilines is 1. The summed E-state index contributed by atoms with van der Waals surface area (Å²) in [5.74, 6) is -0.611. The number of quaternary nitrogens is 1. The average molecular weight is 347 g/mol. The van der Waals surface area contributed by atoms with Gasteiger partial charge in [0, 0.05) is 21.8 Å². The maximum atomic E-state index is 12.3. The first-order valence-corrected chi connectivity index (χ1v) is 8.06. The Kier molecular flexibility index (Phi) is 5.95. The third-order valence-electron chi connectivity index (χ3n) is 3.80. The van der Waals surface area contributed by atoms with Gasteiger partial charge in [-0.25, -0.2) is 0 Å². The molecule has 0 bridgehead atoms. The molecule has 2 atom stereocenters. The molecule has 0 aliphatic heterocycles. The van der Waals surface area contributed by atoms with Gasteiger partial charge in [-0.05, 0) is 50.2 Å². The van der Waals surface area contributed by atoms with Crippen LogP contribution in [-0.4, -0.2) is 17.9 Å². The minimum atomic E-state index is -0.495. The molecule has 0 spiro atoms. The number of hydrogen-bond acceptors (Lipinski definition) is 2. The highest BCUT2D eigenvalue weighted by Crippen LogP contribution is 2.15. The number of halogens is 1. The van der Waals surface area contributed by atoms with E-state index in [0.717, 1.165) is 5.56 Å². The molecule has 0 radical (unpaired) electrons. The van der Waals surface area contributed by atoms with E-state index < -0.39 is 5.91 Å². The molecule has 0 saturated heterocycles. The molecule has 2 aromatic rings. The van der Waals surface area contributed by atoms with Crippen LogP contribution in [-0.2, 0) is 4.79 Å². The Bertz CT molecular complexity index is 731. The lowest BCUT2D eigenvalue weighted by molar-refractivity contribution is -0.709. The summed E-state index contributed by atoms with van der Waals surface area (Å²) in [7, 11) is 0. The Hall–Kier alpha value is -2.37. The lowest BCUT2D eigenvalue weighted by Gasteiger charge is -2.17. The molecule has 0 unspecified atom stereocenters. The first-order valence-electron chi connectivity index (χ1n) is 7.68. The van der Waals surface area contributed by atoms with E-state index in [2.05, 4.69) is 5.32 Å². The zero-order valence-corrected chi connectivity index (χ0v) is 14.4. The van der Waals surface area contributed by atoms with Gasteiger partial charge in [0.2, 0.25) is 5.91 Å². The second-order valence-corrected chi connectivity index (χ2v) is 6.19. The fourth-order valence-electron chi connectivity index (χ4n) is 2.40. The minimum Gasteiger partial charge on any atom is -0.366 e. The van der Waals surface area contributed by atoms with E-state index >= 15 is 0 Å². The van der Waals surface area contributed by atoms with Crippen molar-refractivity contribution in [1.82, 2.24) is 0 Å². The SMILES string of the molecule is C[C@H]([NH2+][C@@H](C)c1cccc(Cl)c1)C(=O)Nc1ccc(C(N)=O)cc1. The number of nitrogens with one attached hydrogen (secondary N) is 1. The molecule has 2 amide bonds. The van der Waals surface area contributed by atoms with Gasteiger partial charge in [0.1, 0.15) is 6.04 Å². The molecule has 2 aromatic carbocycles. The van der Waals surface area contributed by atoms with Crippen LogP contribution in [0.25, 0.3) is 0 Å². The summed E-state index contributed by atoms with van der Waals surface area (Å²) >= 11 is 6.00. The standard InChI is InChI=1S/C18H20ClN3O2/c1-11(14-4-3-5-15(19)10-14)21-12(2)18(24)22-16-8-6-13(7-9-16)17(20)23/h3-12,21H,1-2H3,(H2,20,23)(H,22,24)/p+1/t11-,12-/m0/s1. The Morgan fingerprint density at radius 2 is 1.79 bits per heavy atom. The van der Waals surface area contributed by atoms with Crippen LogP contribution in [0.5, 0.6) is 0 Å². The van der Waals surface area contributed by atoms with Crippen molar-refractivity contribution in [3.63, 3.8) is 0 Å². The maximum Gasteiger partial charge on any atom is 0.282 e. The summed E-state index contributed by atoms with van der Waals surface area (Å²) in [5, 5.41) is 5.48. The molecule has 126 valence electrons. The molecule has 5 N–H and O–H groups in total. The molecule has 0 fully saturated rings. The molecule has 0 aliphatic rings. The molecule has 0 heterocycles. The summed E-state index contributed by atoms with van der Waals surface area (Å²) in [6.07, 6.45) is 0. The quantitative estimate of drug-likeness (QED) is 0.747. The molecular formula is C18H21ClN3O2+. The highest BCUT2D eigenvalue weighted by molar-refractivity contribution is 6.30. The van der Waals surface area contributed by atoms with Crippen LogP contribution in [0.2, 0.25) is 5.02 Å². The molecule has 5 nitrogen and oxygen atoms in total. The van der Waals surface area contributed by atoms with E-state index in [4.69, 9.17) is 17.3 Å². The van der Waals surface area contributed by atoms with Gasteiger partial charge in [-0.3, -0.25) is 9.59 Å². The van der Waals surface area contributed by atoms with E-state index in [1.54, 1.807) is 24.3 Å². The Morgan fingerprint density at radius 3 is 2.38 bits per heavy atom. The van der Waals surface area contributed by atoms with Crippen molar-refractivity contribution in [1.29, 1.82) is 0 Å². The van der Waals surface area contributed by atoms with E-state index in [9.17, 15) is 9.59 Å². The number of rotatable bonds is 6. The molecule has 2 rings (SSSR count). The van der Waals surface area contributed by atoms with Crippen molar-refractivity contribution in [2.75, 3.05) is 5.32 Å². The molecule has 0 aromatic heterocycles. The molecule has 24 heavy (non-hydrogen) atoms. The number of benzene rings is 2. The number of carbonyl (C=O) groups excluding carboxylic acids is 2. The monoisotopic (exact) mass is 346 g/mol. The second kappa shape index (κ2) is 7.95. The van der Waals surface area contributed by atoms with Crippen molar-refractivity contribution in [3.8, 4) is 0 Å². The summed E-state index contributed by atoms with van der Waals surface area (Å²) < 4.78 is 0. The predicted octanol–water partition coefficient (Wildman–Crippen LogP) is 2.09. The lowest BCUT2D eigenvalue weighted by Crippen LogP contribution is -2.91. The minimum absolute atomic E-state index is 0.0988. The highest BCUT2D eigenvalue weighted by Gasteiger charge is 2.20. The fraction of sp³-hybridized carbons (Fsp3) is 0.222. The first kappa shape index (κ1) is 18.0. The number of primary amides is 1. The maximum absolute atomic E-state index is 12.3. The summed E-state index contributed by atoms with van der Waals surface area (Å²) in [4.78, 5) is 23.3. The third kappa shape index (κ3) is 4.81. The van der Waals surface area contributed by atoms with Crippen LogP contribution in [0.4, 0.5) is 5.69 Å². The summed E-state index contributed by atoms with van der Waals surface area (Å²) in [6, 6.07) is 13.9. The van der Waals surface area contributed by atoms with Gasteiger partial charge >= 0.3 is 0 Å². The fourth-order valence-corrected chi connectivity index (χ4v) is 2.59. The van der Waals surface area contributed by atoms with Crippen molar-refractivity contribution in [3.05, 3.63) is 64.7 Å². The summed E-state index contributed by atoms with van der Waals surface area (Å²) in [5.41, 5.74) is 7.29. The van der Waals surface area contributed by atoms with Crippen molar-refractivity contribution >= 4 is 29.1 Å². The molecule has 0 saturated carbocycles. The highest BCUT2D eigenvalue weighted by atomic mass is 35.5. The van der Waals surface area contributed by atoms with Crippen molar-refractivity contribution < 1.29 is 14.9 Å². The number of nitrogens with two attached hydrogens (primary N) is 2. The number of amides is 2. The van der Waals surface area contributed by atoms with Gasteiger partial charge < -0.3 is 16.4 Å². The molecule has 0 aliphatic carbocycles. The molecule has 6 heteroatoms. The van der Waals surface area contributed by atoms with E-state index in [0.29, 0.717) is 16.3 Å². The van der Waals surface area contributed by atoms with Crippen LogP contribution < -0.4 is 16.4 Å². The van der Waals surface area contributed by atoms with E-state index in [-0.39, 0.29) is 18.0 Å². The van der Waals surface area contributed by atoms with Gasteiger partial charge in [0.05, 0.1) is 0 Å². The third-order valence-corrected chi connectivity index (χ3v) is 4.04. The Balaban J connectivity index is 1.95. The van der Waals surface area contributed by atoms with Crippen LogP contribution in [0.1, 0.15) is 35.8 Å². The van der Waals surface area contributed by atoms with E-state index in [1.165, 1.54) is 0 Å². The van der Waals surface area contributed by atoms with Crippen LogP contribution in [0.15, 0.2) is 48.5 Å². The van der Waals surface area contributed by atoms with Crippen LogP contribution in [0.3, 0.4) is 0 Å². The topological polar surface area (TPSA) is 88.8 Å². The van der Waals surface area contributed by atoms with Crippen molar-refractivity contribution in [2.24, 2.45) is 5.73 Å². The van der Waals surface area contributed by atoms with Gasteiger partial charge in [-0.2, -0.15) is 0 Å². The smallest absolute Gasteiger partial charge is 0.282 e. The first-order chi connectivity index (χ1) is 11.4. The average Bonchev–Trinajstić information content (AvgIpc) is 2.55. The Labute approximate surface area is 146 Å². The number of carbonyl (C=O) groups is 2. The zero-order chi connectivity index (χ0) is 17.7. The normalized spacial score (nSPS) is 13.1. The van der Waals surface area contributed by atoms with Gasteiger partial charge in [0.25, 0.3) is 5.91 Å². The van der Waals surface area contributed by atoms with Gasteiger partial charge in [-0.1, -0.05) is 23.7 Å². The Morgan fingerprint density at radius 1 is 1.12 bits per heavy atom. The van der Waals surface area contributed by atoms with Gasteiger partial charge in [0.15, 0.2) is 6.04 Å². The van der Waals surface area contributed by atoms with E-state index in [1.807, 2.05) is 43.4 Å². The second-order valence-electron chi connectivity index (χ2n) is 5.76. The molecular weight excluding hydrogens is 326 g/mol. The lowest BCUT2D eigenvalue weighted by atomic mass is 10.1. The van der Waals surface area contributed by atoms with Crippen LogP contribution in [0, 0.1) is 0 Å². The number of hydrogen-bond donors (Lipinski definition) is 3. The van der Waals surface area contributed by atoms with Crippen molar-refractivity contribution in [2.45, 2.75) is 25.9 Å². The largest absolute Gasteiger partial charge is 0.366 e.